The Hall–Kier alpha value is -3.93. The van der Waals surface area contributed by atoms with Crippen LogP contribution in [0.25, 0.3) is 16.7 Å². The summed E-state index contributed by atoms with van der Waals surface area (Å²) in [7, 11) is 0. The summed E-state index contributed by atoms with van der Waals surface area (Å²) in [6.07, 6.45) is -4.09. The molecule has 0 aliphatic heterocycles. The van der Waals surface area contributed by atoms with Gasteiger partial charge in [0.25, 0.3) is 0 Å². The monoisotopic (exact) mass is 464 g/mol. The Morgan fingerprint density at radius 3 is 2.58 bits per heavy atom. The SMILES string of the molecule is C=CC(=O)NCc1nn(-c2ccc(OC(F)(F)F)cc2)c2nccc(C(O)C(=O)OCC)c12. The van der Waals surface area contributed by atoms with E-state index < -0.39 is 30.1 Å². The van der Waals surface area contributed by atoms with E-state index >= 15 is 0 Å². The number of aliphatic hydroxyl groups excluding tert-OH is 1. The maximum absolute atomic E-state index is 12.4. The lowest BCUT2D eigenvalue weighted by molar-refractivity contribution is -0.274. The molecule has 12 heteroatoms. The zero-order valence-corrected chi connectivity index (χ0v) is 17.3. The van der Waals surface area contributed by atoms with Gasteiger partial charge >= 0.3 is 12.3 Å². The molecule has 174 valence electrons. The summed E-state index contributed by atoms with van der Waals surface area (Å²) < 4.78 is 47.4. The van der Waals surface area contributed by atoms with Crippen LogP contribution in [-0.4, -0.2) is 44.7 Å². The van der Waals surface area contributed by atoms with Gasteiger partial charge < -0.3 is 19.9 Å². The predicted molar refractivity (Wildman–Crippen MR) is 109 cm³/mol. The molecule has 0 saturated heterocycles. The van der Waals surface area contributed by atoms with E-state index in [2.05, 4.69) is 26.7 Å². The van der Waals surface area contributed by atoms with Crippen molar-refractivity contribution in [2.45, 2.75) is 25.9 Å². The van der Waals surface area contributed by atoms with Crippen LogP contribution in [-0.2, 0) is 20.9 Å². The Labute approximate surface area is 185 Å². The van der Waals surface area contributed by atoms with Crippen LogP contribution < -0.4 is 10.1 Å². The lowest BCUT2D eigenvalue weighted by Crippen LogP contribution is -2.21. The third kappa shape index (κ3) is 5.47. The van der Waals surface area contributed by atoms with Crippen molar-refractivity contribution in [2.24, 2.45) is 0 Å². The Bertz CT molecular complexity index is 1180. The minimum absolute atomic E-state index is 0.0535. The highest BCUT2D eigenvalue weighted by Crippen LogP contribution is 2.30. The molecule has 2 aromatic heterocycles. The number of carbonyl (C=O) groups excluding carboxylic acids is 2. The Balaban J connectivity index is 2.10. The number of ether oxygens (including phenoxy) is 2. The van der Waals surface area contributed by atoms with Crippen molar-refractivity contribution in [3.05, 3.63) is 60.4 Å². The Morgan fingerprint density at radius 1 is 1.27 bits per heavy atom. The molecule has 1 atom stereocenters. The number of hydrogen-bond donors (Lipinski definition) is 2. The smallest absolute Gasteiger partial charge is 0.464 e. The molecule has 0 fully saturated rings. The molecule has 9 nitrogen and oxygen atoms in total. The highest BCUT2D eigenvalue weighted by atomic mass is 19.4. The number of carbonyl (C=O) groups is 2. The van der Waals surface area contributed by atoms with Crippen LogP contribution in [0.4, 0.5) is 13.2 Å². The van der Waals surface area contributed by atoms with Gasteiger partial charge in [-0.2, -0.15) is 5.10 Å². The second kappa shape index (κ2) is 9.69. The lowest BCUT2D eigenvalue weighted by Gasteiger charge is -2.12. The highest BCUT2D eigenvalue weighted by Gasteiger charge is 2.31. The molecule has 3 rings (SSSR count). The molecule has 0 spiro atoms. The molecular weight excluding hydrogens is 445 g/mol. The second-order valence-corrected chi connectivity index (χ2v) is 6.58. The molecule has 33 heavy (non-hydrogen) atoms. The number of halogens is 3. The van der Waals surface area contributed by atoms with Gasteiger partial charge in [-0.1, -0.05) is 6.58 Å². The molecule has 1 amide bonds. The fourth-order valence-electron chi connectivity index (χ4n) is 3.05. The Morgan fingerprint density at radius 2 is 1.97 bits per heavy atom. The van der Waals surface area contributed by atoms with E-state index in [1.165, 1.54) is 29.1 Å². The van der Waals surface area contributed by atoms with Crippen LogP contribution in [0.5, 0.6) is 5.75 Å². The van der Waals surface area contributed by atoms with Crippen molar-refractivity contribution < 1.29 is 37.3 Å². The molecule has 0 aliphatic carbocycles. The fourth-order valence-corrected chi connectivity index (χ4v) is 3.05. The van der Waals surface area contributed by atoms with E-state index in [1.807, 2.05) is 0 Å². The number of pyridine rings is 1. The van der Waals surface area contributed by atoms with Crippen molar-refractivity contribution >= 4 is 22.9 Å². The number of amides is 1. The minimum Gasteiger partial charge on any atom is -0.464 e. The first kappa shape index (κ1) is 23.7. The van der Waals surface area contributed by atoms with E-state index in [0.717, 1.165) is 18.2 Å². The molecule has 2 N–H and O–H groups in total. The van der Waals surface area contributed by atoms with Crippen molar-refractivity contribution in [1.29, 1.82) is 0 Å². The van der Waals surface area contributed by atoms with E-state index in [-0.39, 0.29) is 35.4 Å². The zero-order chi connectivity index (χ0) is 24.2. The maximum Gasteiger partial charge on any atom is 0.573 e. The largest absolute Gasteiger partial charge is 0.573 e. The summed E-state index contributed by atoms with van der Waals surface area (Å²) in [5.41, 5.74) is 0.918. The summed E-state index contributed by atoms with van der Waals surface area (Å²) in [6.45, 7) is 4.91. The third-order valence-electron chi connectivity index (χ3n) is 4.41. The number of hydrogen-bond acceptors (Lipinski definition) is 7. The summed E-state index contributed by atoms with van der Waals surface area (Å²) in [5, 5.41) is 17.8. The van der Waals surface area contributed by atoms with Gasteiger partial charge in [-0.25, -0.2) is 14.5 Å². The first-order valence-corrected chi connectivity index (χ1v) is 9.62. The second-order valence-electron chi connectivity index (χ2n) is 6.58. The fraction of sp³-hybridized carbons (Fsp3) is 0.238. The molecule has 0 bridgehead atoms. The van der Waals surface area contributed by atoms with Gasteiger partial charge in [-0.05, 0) is 43.3 Å². The van der Waals surface area contributed by atoms with Crippen LogP contribution in [0.2, 0.25) is 0 Å². The molecule has 1 unspecified atom stereocenters. The highest BCUT2D eigenvalue weighted by molar-refractivity contribution is 5.90. The van der Waals surface area contributed by atoms with Crippen LogP contribution in [0.15, 0.2) is 49.2 Å². The zero-order valence-electron chi connectivity index (χ0n) is 17.3. The van der Waals surface area contributed by atoms with Crippen molar-refractivity contribution in [3.8, 4) is 11.4 Å². The lowest BCUT2D eigenvalue weighted by atomic mass is 10.1. The standard InChI is InChI=1S/C21H19F3N4O5/c1-3-16(29)26-11-15-17-14(18(30)20(31)32-4-2)9-10-25-19(17)28(27-15)12-5-7-13(8-6-12)33-21(22,23)24/h3,5-10,18,30H,1,4,11H2,2H3,(H,26,29). The number of esters is 1. The van der Waals surface area contributed by atoms with Crippen LogP contribution in [0.1, 0.15) is 24.3 Å². The topological polar surface area (TPSA) is 116 Å². The van der Waals surface area contributed by atoms with Crippen LogP contribution >= 0.6 is 0 Å². The predicted octanol–water partition coefficient (Wildman–Crippen LogP) is 2.72. The number of nitrogens with one attached hydrogen (secondary N) is 1. The number of fused-ring (bicyclic) bond motifs is 1. The molecule has 2 heterocycles. The maximum atomic E-state index is 12.4. The molecule has 0 radical (unpaired) electrons. The molecular formula is C21H19F3N4O5. The van der Waals surface area contributed by atoms with Gasteiger partial charge in [0.1, 0.15) is 5.75 Å². The van der Waals surface area contributed by atoms with E-state index in [9.17, 15) is 27.9 Å². The summed E-state index contributed by atoms with van der Waals surface area (Å²) in [6, 6.07) is 6.28. The van der Waals surface area contributed by atoms with E-state index in [1.54, 1.807) is 6.92 Å². The summed E-state index contributed by atoms with van der Waals surface area (Å²) in [5.74, 6) is -1.79. The van der Waals surface area contributed by atoms with Gasteiger partial charge in [0.15, 0.2) is 11.8 Å². The molecule has 3 aromatic rings. The average Bonchev–Trinajstić information content (AvgIpc) is 3.15. The molecule has 0 saturated carbocycles. The average molecular weight is 464 g/mol. The van der Waals surface area contributed by atoms with Gasteiger partial charge in [-0.15, -0.1) is 13.2 Å². The summed E-state index contributed by atoms with van der Waals surface area (Å²) in [4.78, 5) is 28.0. The van der Waals surface area contributed by atoms with Crippen molar-refractivity contribution in [1.82, 2.24) is 20.1 Å². The van der Waals surface area contributed by atoms with Crippen LogP contribution in [0.3, 0.4) is 0 Å². The number of benzene rings is 1. The van der Waals surface area contributed by atoms with Crippen molar-refractivity contribution in [2.75, 3.05) is 6.61 Å². The summed E-state index contributed by atoms with van der Waals surface area (Å²) >= 11 is 0. The molecule has 1 aromatic carbocycles. The third-order valence-corrected chi connectivity index (χ3v) is 4.41. The first-order chi connectivity index (χ1) is 15.6. The quantitative estimate of drug-likeness (QED) is 0.389. The normalized spacial score (nSPS) is 12.3. The van der Waals surface area contributed by atoms with Gasteiger partial charge in [0.05, 0.1) is 29.9 Å². The number of aliphatic hydroxyl groups is 1. The number of nitrogens with zero attached hydrogens (tertiary/aromatic N) is 3. The Kier molecular flexibility index (Phi) is 6.97. The first-order valence-electron chi connectivity index (χ1n) is 9.62. The number of alkyl halides is 3. The van der Waals surface area contributed by atoms with Crippen LogP contribution in [0, 0.1) is 0 Å². The van der Waals surface area contributed by atoms with Gasteiger partial charge in [0.2, 0.25) is 5.91 Å². The molecule has 0 aliphatic rings. The minimum atomic E-state index is -4.84. The van der Waals surface area contributed by atoms with Gasteiger partial charge in [0, 0.05) is 11.8 Å². The van der Waals surface area contributed by atoms with E-state index in [4.69, 9.17) is 4.74 Å². The van der Waals surface area contributed by atoms with E-state index in [0.29, 0.717) is 5.69 Å². The number of aromatic nitrogens is 3. The van der Waals surface area contributed by atoms with Gasteiger partial charge in [-0.3, -0.25) is 4.79 Å². The number of rotatable bonds is 8. The van der Waals surface area contributed by atoms with Crippen molar-refractivity contribution in [3.63, 3.8) is 0 Å².